The van der Waals surface area contributed by atoms with E-state index in [1.54, 1.807) is 27.7 Å². The van der Waals surface area contributed by atoms with Crippen molar-refractivity contribution in [2.24, 2.45) is 11.8 Å². The molecule has 0 aliphatic carbocycles. The van der Waals surface area contributed by atoms with Gasteiger partial charge >= 0.3 is 5.97 Å². The number of esters is 1. The van der Waals surface area contributed by atoms with E-state index in [0.717, 1.165) is 0 Å². The number of aliphatic hydroxyl groups excluding tert-OH is 1. The Hall–Kier alpha value is -1.10. The Labute approximate surface area is 96.2 Å². The largest absolute Gasteiger partial charge is 0.467 e. The van der Waals surface area contributed by atoms with Gasteiger partial charge in [0.2, 0.25) is 5.91 Å². The van der Waals surface area contributed by atoms with Crippen LogP contribution in [-0.4, -0.2) is 36.2 Å². The summed E-state index contributed by atoms with van der Waals surface area (Å²) in [6, 6.07) is -0.717. The van der Waals surface area contributed by atoms with Crippen molar-refractivity contribution in [2.75, 3.05) is 7.11 Å². The maximum Gasteiger partial charge on any atom is 0.328 e. The second-order valence-corrected chi connectivity index (χ2v) is 4.44. The Balaban J connectivity index is 4.53. The fourth-order valence-electron chi connectivity index (χ4n) is 1.17. The third-order valence-electron chi connectivity index (χ3n) is 2.32. The van der Waals surface area contributed by atoms with Crippen LogP contribution in [0.5, 0.6) is 0 Å². The van der Waals surface area contributed by atoms with Gasteiger partial charge in [0.05, 0.1) is 7.11 Å². The summed E-state index contributed by atoms with van der Waals surface area (Å²) >= 11 is 0. The quantitative estimate of drug-likeness (QED) is 0.668. The number of methoxy groups -OCH3 is 1. The molecule has 2 N–H and O–H groups in total. The van der Waals surface area contributed by atoms with Gasteiger partial charge in [0.25, 0.3) is 0 Å². The molecule has 0 heterocycles. The first-order chi connectivity index (χ1) is 7.31. The molecule has 0 bridgehead atoms. The summed E-state index contributed by atoms with van der Waals surface area (Å²) < 4.78 is 4.58. The van der Waals surface area contributed by atoms with Gasteiger partial charge in [-0.05, 0) is 11.8 Å². The smallest absolute Gasteiger partial charge is 0.328 e. The Kier molecular flexibility index (Phi) is 6.03. The highest BCUT2D eigenvalue weighted by Crippen LogP contribution is 2.06. The van der Waals surface area contributed by atoms with Crippen LogP contribution in [-0.2, 0) is 14.3 Å². The van der Waals surface area contributed by atoms with E-state index in [1.807, 2.05) is 0 Å². The summed E-state index contributed by atoms with van der Waals surface area (Å²) in [7, 11) is 1.27. The van der Waals surface area contributed by atoms with Crippen LogP contribution in [0.15, 0.2) is 0 Å². The van der Waals surface area contributed by atoms with E-state index in [0.29, 0.717) is 0 Å². The van der Waals surface area contributed by atoms with Gasteiger partial charge in [-0.3, -0.25) is 4.79 Å². The predicted octanol–water partition coefficient (Wildman–Crippen LogP) is 0.317. The number of rotatable bonds is 5. The molecule has 0 aliphatic heterocycles. The molecule has 0 saturated carbocycles. The van der Waals surface area contributed by atoms with Crippen LogP contribution >= 0.6 is 0 Å². The molecule has 1 amide bonds. The lowest BCUT2D eigenvalue weighted by Gasteiger charge is -2.22. The Morgan fingerprint density at radius 3 is 1.94 bits per heavy atom. The van der Waals surface area contributed by atoms with Gasteiger partial charge in [0, 0.05) is 0 Å². The number of aliphatic hydroxyl groups is 1. The molecule has 0 aromatic heterocycles. The minimum absolute atomic E-state index is 0.0873. The highest BCUT2D eigenvalue weighted by atomic mass is 16.5. The number of nitrogens with one attached hydrogen (secondary N) is 1. The molecule has 0 saturated heterocycles. The first kappa shape index (κ1) is 14.9. The molecule has 5 heteroatoms. The minimum Gasteiger partial charge on any atom is -0.467 e. The average Bonchev–Trinajstić information content (AvgIpc) is 2.22. The van der Waals surface area contributed by atoms with Gasteiger partial charge in [0.15, 0.2) is 0 Å². The molecule has 16 heavy (non-hydrogen) atoms. The SMILES string of the molecule is COC(=O)[C@H](NC(=O)[C@@H](O)C(C)C)C(C)C. The molecule has 0 fully saturated rings. The number of hydrogen-bond donors (Lipinski definition) is 2. The topological polar surface area (TPSA) is 75.6 Å². The summed E-state index contributed by atoms with van der Waals surface area (Å²) in [5, 5.41) is 12.0. The molecule has 0 radical (unpaired) electrons. The van der Waals surface area contributed by atoms with Crippen LogP contribution in [0.1, 0.15) is 27.7 Å². The first-order valence-electron chi connectivity index (χ1n) is 5.37. The highest BCUT2D eigenvalue weighted by molar-refractivity contribution is 5.87. The molecule has 2 atom stereocenters. The van der Waals surface area contributed by atoms with Crippen LogP contribution in [0, 0.1) is 11.8 Å². The zero-order valence-corrected chi connectivity index (χ0v) is 10.5. The summed E-state index contributed by atoms with van der Waals surface area (Å²) in [5.74, 6) is -1.32. The fraction of sp³-hybridized carbons (Fsp3) is 0.818. The average molecular weight is 231 g/mol. The van der Waals surface area contributed by atoms with Gasteiger partial charge in [-0.25, -0.2) is 4.79 Å². The van der Waals surface area contributed by atoms with Crippen LogP contribution in [0.3, 0.4) is 0 Å². The third kappa shape index (κ3) is 4.18. The van der Waals surface area contributed by atoms with Crippen molar-refractivity contribution < 1.29 is 19.4 Å². The molecule has 0 aromatic carbocycles. The van der Waals surface area contributed by atoms with Crippen molar-refractivity contribution in [1.82, 2.24) is 5.32 Å². The molecule has 5 nitrogen and oxygen atoms in total. The van der Waals surface area contributed by atoms with E-state index in [1.165, 1.54) is 7.11 Å². The van der Waals surface area contributed by atoms with Crippen LogP contribution in [0.25, 0.3) is 0 Å². The summed E-state index contributed by atoms with van der Waals surface area (Å²) in [5.41, 5.74) is 0. The van der Waals surface area contributed by atoms with Gasteiger partial charge in [-0.2, -0.15) is 0 Å². The lowest BCUT2D eigenvalue weighted by molar-refractivity contribution is -0.148. The fourth-order valence-corrected chi connectivity index (χ4v) is 1.17. The number of ether oxygens (including phenoxy) is 1. The van der Waals surface area contributed by atoms with E-state index in [9.17, 15) is 14.7 Å². The van der Waals surface area contributed by atoms with Crippen LogP contribution in [0.2, 0.25) is 0 Å². The lowest BCUT2D eigenvalue weighted by Crippen LogP contribution is -2.49. The number of amides is 1. The normalized spacial score (nSPS) is 14.8. The molecule has 0 aromatic rings. The van der Waals surface area contributed by atoms with E-state index in [-0.39, 0.29) is 11.8 Å². The monoisotopic (exact) mass is 231 g/mol. The van der Waals surface area contributed by atoms with Gasteiger partial charge in [-0.1, -0.05) is 27.7 Å². The first-order valence-corrected chi connectivity index (χ1v) is 5.37. The van der Waals surface area contributed by atoms with Crippen molar-refractivity contribution in [2.45, 2.75) is 39.8 Å². The van der Waals surface area contributed by atoms with Gasteiger partial charge in [0.1, 0.15) is 12.1 Å². The van der Waals surface area contributed by atoms with Crippen molar-refractivity contribution in [3.63, 3.8) is 0 Å². The third-order valence-corrected chi connectivity index (χ3v) is 2.32. The van der Waals surface area contributed by atoms with E-state index >= 15 is 0 Å². The lowest BCUT2D eigenvalue weighted by atomic mass is 10.0. The van der Waals surface area contributed by atoms with Crippen LogP contribution < -0.4 is 5.32 Å². The second-order valence-electron chi connectivity index (χ2n) is 4.44. The zero-order chi connectivity index (χ0) is 12.9. The Bertz CT molecular complexity index is 250. The number of carbonyl (C=O) groups is 2. The van der Waals surface area contributed by atoms with Crippen molar-refractivity contribution in [1.29, 1.82) is 0 Å². The van der Waals surface area contributed by atoms with Crippen molar-refractivity contribution >= 4 is 11.9 Å². The van der Waals surface area contributed by atoms with Crippen molar-refractivity contribution in [3.8, 4) is 0 Å². The van der Waals surface area contributed by atoms with Gasteiger partial charge < -0.3 is 15.2 Å². The summed E-state index contributed by atoms with van der Waals surface area (Å²) in [4.78, 5) is 22.9. The maximum atomic E-state index is 11.6. The van der Waals surface area contributed by atoms with Crippen LogP contribution in [0.4, 0.5) is 0 Å². The molecular weight excluding hydrogens is 210 g/mol. The van der Waals surface area contributed by atoms with E-state index < -0.39 is 24.0 Å². The molecule has 0 spiro atoms. The molecule has 0 aliphatic rings. The molecule has 94 valence electrons. The molecule has 0 rings (SSSR count). The molecule has 0 unspecified atom stereocenters. The van der Waals surface area contributed by atoms with E-state index in [2.05, 4.69) is 10.1 Å². The standard InChI is InChI=1S/C11H21NO4/c1-6(2)8(11(15)16-5)12-10(14)9(13)7(3)4/h6-9,13H,1-5H3,(H,12,14)/t8-,9+/m1/s1. The van der Waals surface area contributed by atoms with Gasteiger partial charge in [-0.15, -0.1) is 0 Å². The van der Waals surface area contributed by atoms with Crippen molar-refractivity contribution in [3.05, 3.63) is 0 Å². The molecular formula is C11H21NO4. The second kappa shape index (κ2) is 6.48. The minimum atomic E-state index is -1.11. The zero-order valence-electron chi connectivity index (χ0n) is 10.5. The van der Waals surface area contributed by atoms with E-state index in [4.69, 9.17) is 0 Å². The Morgan fingerprint density at radius 1 is 1.12 bits per heavy atom. The number of hydrogen-bond acceptors (Lipinski definition) is 4. The highest BCUT2D eigenvalue weighted by Gasteiger charge is 2.28. The summed E-state index contributed by atoms with van der Waals surface area (Å²) in [6.45, 7) is 7.05. The summed E-state index contributed by atoms with van der Waals surface area (Å²) in [6.07, 6.45) is -1.11. The Morgan fingerprint density at radius 2 is 1.62 bits per heavy atom. The maximum absolute atomic E-state index is 11.6. The number of carbonyl (C=O) groups excluding carboxylic acids is 2. The predicted molar refractivity (Wildman–Crippen MR) is 59.6 cm³/mol.